The van der Waals surface area contributed by atoms with E-state index in [1.807, 2.05) is 0 Å². The fraction of sp³-hybridized carbons (Fsp3) is 0.400. The molecule has 1 aromatic heterocycles. The average molecular weight is 478 g/mol. The molecular weight excluding hydrogens is 460 g/mol. The molecular formula is C20H18F4O5S2. The van der Waals surface area contributed by atoms with Crippen molar-refractivity contribution in [2.45, 2.75) is 43.7 Å². The van der Waals surface area contributed by atoms with Crippen molar-refractivity contribution in [1.29, 1.82) is 0 Å². The summed E-state index contributed by atoms with van der Waals surface area (Å²) in [5.41, 5.74) is -2.08. The van der Waals surface area contributed by atoms with Gasteiger partial charge in [-0.15, -0.1) is 11.3 Å². The van der Waals surface area contributed by atoms with Gasteiger partial charge in [-0.25, -0.2) is 17.6 Å². The van der Waals surface area contributed by atoms with E-state index < -0.39 is 56.7 Å². The smallest absolute Gasteiger partial charge is 0.416 e. The summed E-state index contributed by atoms with van der Waals surface area (Å²) >= 11 is 0.577. The molecule has 0 fully saturated rings. The molecule has 0 aliphatic heterocycles. The average Bonchev–Trinajstić information content (AvgIpc) is 2.98. The number of benzene rings is 1. The van der Waals surface area contributed by atoms with Crippen LogP contribution in [0.5, 0.6) is 0 Å². The lowest BCUT2D eigenvalue weighted by molar-refractivity contribution is -0.138. The summed E-state index contributed by atoms with van der Waals surface area (Å²) in [7, 11) is -3.83. The van der Waals surface area contributed by atoms with E-state index in [0.29, 0.717) is 17.4 Å². The lowest BCUT2D eigenvalue weighted by atomic mass is 9.74. The third kappa shape index (κ3) is 4.82. The first-order valence-electron chi connectivity index (χ1n) is 9.02. The van der Waals surface area contributed by atoms with Gasteiger partial charge in [0.15, 0.2) is 15.6 Å². The Morgan fingerprint density at radius 1 is 1.23 bits per heavy atom. The number of Topliss-reactive ketones (excluding diaryl/α,β-unsaturated/α-hetero) is 1. The predicted molar refractivity (Wildman–Crippen MR) is 104 cm³/mol. The third-order valence-electron chi connectivity index (χ3n) is 4.81. The monoisotopic (exact) mass is 478 g/mol. The van der Waals surface area contributed by atoms with Crippen molar-refractivity contribution >= 4 is 32.9 Å². The molecule has 168 valence electrons. The van der Waals surface area contributed by atoms with Crippen LogP contribution in [-0.4, -0.2) is 26.4 Å². The van der Waals surface area contributed by atoms with Crippen LogP contribution in [0.15, 0.2) is 22.4 Å². The van der Waals surface area contributed by atoms with Gasteiger partial charge in [0.2, 0.25) is 0 Å². The zero-order valence-corrected chi connectivity index (χ0v) is 18.4. The van der Waals surface area contributed by atoms with E-state index in [-0.39, 0.29) is 33.1 Å². The van der Waals surface area contributed by atoms with Gasteiger partial charge in [-0.2, -0.15) is 13.2 Å². The number of sulfone groups is 1. The number of carbonyl (C=O) groups is 2. The molecule has 2 aromatic rings. The molecule has 0 N–H and O–H groups in total. The summed E-state index contributed by atoms with van der Waals surface area (Å²) in [5.74, 6) is -2.55. The summed E-state index contributed by atoms with van der Waals surface area (Å²) in [6.45, 7) is 2.77. The summed E-state index contributed by atoms with van der Waals surface area (Å²) < 4.78 is 81.8. The summed E-state index contributed by atoms with van der Waals surface area (Å²) in [4.78, 5) is 25.2. The molecule has 1 aliphatic rings. The van der Waals surface area contributed by atoms with Gasteiger partial charge in [0.05, 0.1) is 11.1 Å². The molecule has 0 spiro atoms. The number of hydrogen-bond acceptors (Lipinski definition) is 6. The highest BCUT2D eigenvalue weighted by Crippen LogP contribution is 2.43. The Morgan fingerprint density at radius 3 is 2.45 bits per heavy atom. The number of ether oxygens (including phenoxy) is 1. The molecule has 0 unspecified atom stereocenters. The highest BCUT2D eigenvalue weighted by atomic mass is 32.2. The molecule has 0 amide bonds. The fourth-order valence-corrected chi connectivity index (χ4v) is 5.96. The second-order valence-corrected chi connectivity index (χ2v) is 11.4. The second kappa shape index (κ2) is 7.70. The van der Waals surface area contributed by atoms with E-state index in [4.69, 9.17) is 4.74 Å². The summed E-state index contributed by atoms with van der Waals surface area (Å²) in [6.07, 6.45) is -3.62. The van der Waals surface area contributed by atoms with Crippen LogP contribution in [0.3, 0.4) is 0 Å². The third-order valence-corrected chi connectivity index (χ3v) is 7.85. The Balaban J connectivity index is 1.98. The predicted octanol–water partition coefficient (Wildman–Crippen LogP) is 4.82. The number of halogens is 4. The van der Waals surface area contributed by atoms with E-state index in [9.17, 15) is 35.6 Å². The normalized spacial score (nSPS) is 16.2. The molecule has 0 atom stereocenters. The number of ketones is 1. The SMILES string of the molecule is CC1(C)CC(=O)c2c(S(C)(=O)=O)sc(C(=O)OCc3ccc(F)cc3C(F)(F)F)c2C1. The van der Waals surface area contributed by atoms with Crippen LogP contribution in [0.2, 0.25) is 0 Å². The molecule has 1 heterocycles. The Hall–Kier alpha value is -2.27. The second-order valence-electron chi connectivity index (χ2n) is 8.16. The maximum atomic E-state index is 13.3. The van der Waals surface area contributed by atoms with Crippen LogP contribution in [0, 0.1) is 11.2 Å². The van der Waals surface area contributed by atoms with E-state index in [0.717, 1.165) is 18.4 Å². The number of carbonyl (C=O) groups excluding carboxylic acids is 2. The molecule has 0 saturated carbocycles. The Kier molecular flexibility index (Phi) is 5.81. The van der Waals surface area contributed by atoms with Crippen molar-refractivity contribution in [2.75, 3.05) is 6.26 Å². The fourth-order valence-electron chi connectivity index (χ4n) is 3.53. The zero-order chi connectivity index (χ0) is 23.4. The maximum absolute atomic E-state index is 13.3. The molecule has 3 rings (SSSR count). The lowest BCUT2D eigenvalue weighted by Crippen LogP contribution is -2.28. The number of fused-ring (bicyclic) bond motifs is 1. The topological polar surface area (TPSA) is 77.5 Å². The Morgan fingerprint density at radius 2 is 1.87 bits per heavy atom. The van der Waals surface area contributed by atoms with Crippen LogP contribution in [0.4, 0.5) is 17.6 Å². The minimum Gasteiger partial charge on any atom is -0.457 e. The Labute approximate surface area is 179 Å². The summed E-state index contributed by atoms with van der Waals surface area (Å²) in [5, 5.41) is 0. The van der Waals surface area contributed by atoms with E-state index in [1.165, 1.54) is 0 Å². The molecule has 0 radical (unpaired) electrons. The quantitative estimate of drug-likeness (QED) is 0.465. The van der Waals surface area contributed by atoms with Gasteiger partial charge in [0, 0.05) is 18.2 Å². The maximum Gasteiger partial charge on any atom is 0.416 e. The van der Waals surface area contributed by atoms with E-state index >= 15 is 0 Å². The molecule has 1 aromatic carbocycles. The van der Waals surface area contributed by atoms with Crippen molar-refractivity contribution < 1.29 is 40.3 Å². The molecule has 31 heavy (non-hydrogen) atoms. The van der Waals surface area contributed by atoms with Gasteiger partial charge in [0.1, 0.15) is 21.5 Å². The first-order chi connectivity index (χ1) is 14.1. The van der Waals surface area contributed by atoms with Gasteiger partial charge in [-0.05, 0) is 29.5 Å². The van der Waals surface area contributed by atoms with Gasteiger partial charge in [0.25, 0.3) is 0 Å². The molecule has 5 nitrogen and oxygen atoms in total. The van der Waals surface area contributed by atoms with Gasteiger partial charge < -0.3 is 4.74 Å². The molecule has 0 saturated heterocycles. The van der Waals surface area contributed by atoms with Crippen molar-refractivity contribution in [2.24, 2.45) is 5.41 Å². The molecule has 0 bridgehead atoms. The lowest BCUT2D eigenvalue weighted by Gasteiger charge is -2.29. The van der Waals surface area contributed by atoms with Crippen molar-refractivity contribution in [3.63, 3.8) is 0 Å². The number of hydrogen-bond donors (Lipinski definition) is 0. The number of esters is 1. The van der Waals surface area contributed by atoms with E-state index in [1.54, 1.807) is 13.8 Å². The largest absolute Gasteiger partial charge is 0.457 e. The highest BCUT2D eigenvalue weighted by molar-refractivity contribution is 7.92. The van der Waals surface area contributed by atoms with Crippen LogP contribution >= 0.6 is 11.3 Å². The number of thiophene rings is 1. The first kappa shape index (κ1) is 23.4. The standard InChI is InChI=1S/C20H18F4O5S2/c1-19(2)7-12-15(14(25)8-19)18(31(3,27)28)30-16(12)17(26)29-9-10-4-5-11(21)6-13(10)20(22,23)24/h4-6H,7-9H2,1-3H3. The number of rotatable bonds is 4. The van der Waals surface area contributed by atoms with Gasteiger partial charge in [-0.1, -0.05) is 19.9 Å². The highest BCUT2D eigenvalue weighted by Gasteiger charge is 2.40. The molecule has 1 aliphatic carbocycles. The van der Waals surface area contributed by atoms with Crippen LogP contribution in [0.1, 0.15) is 57.0 Å². The van der Waals surface area contributed by atoms with Crippen molar-refractivity contribution in [3.8, 4) is 0 Å². The Bertz CT molecular complexity index is 1180. The van der Waals surface area contributed by atoms with Gasteiger partial charge >= 0.3 is 12.1 Å². The van der Waals surface area contributed by atoms with Gasteiger partial charge in [-0.3, -0.25) is 4.79 Å². The van der Waals surface area contributed by atoms with Crippen molar-refractivity contribution in [3.05, 3.63) is 51.1 Å². The zero-order valence-electron chi connectivity index (χ0n) is 16.7. The van der Waals surface area contributed by atoms with Crippen molar-refractivity contribution in [1.82, 2.24) is 0 Å². The van der Waals surface area contributed by atoms with Crippen LogP contribution in [-0.2, 0) is 33.8 Å². The minimum atomic E-state index is -4.86. The first-order valence-corrected chi connectivity index (χ1v) is 11.7. The molecule has 11 heteroatoms. The number of alkyl halides is 3. The van der Waals surface area contributed by atoms with Crippen LogP contribution < -0.4 is 0 Å². The van der Waals surface area contributed by atoms with Crippen LogP contribution in [0.25, 0.3) is 0 Å². The summed E-state index contributed by atoms with van der Waals surface area (Å²) in [6, 6.07) is 1.98. The minimum absolute atomic E-state index is 0.0449. The van der Waals surface area contributed by atoms with E-state index in [2.05, 4.69) is 0 Å².